The topological polar surface area (TPSA) is 89.3 Å². The van der Waals surface area contributed by atoms with Gasteiger partial charge in [-0.05, 0) is 0 Å². The van der Waals surface area contributed by atoms with E-state index in [4.69, 9.17) is 10.8 Å². The fourth-order valence-electron chi connectivity index (χ4n) is 0.992. The molecule has 0 aromatic carbocycles. The van der Waals surface area contributed by atoms with Gasteiger partial charge in [-0.25, -0.2) is 4.79 Å². The first kappa shape index (κ1) is 9.57. The Bertz CT molecular complexity index is 336. The van der Waals surface area contributed by atoms with Crippen molar-refractivity contribution in [2.24, 2.45) is 0 Å². The van der Waals surface area contributed by atoms with Crippen LogP contribution in [0.5, 0.6) is 0 Å². The normalized spacial score (nSPS) is 11.6. The SMILES string of the molecule is CC(C)(C)c1noc(C(=O)O)c1N. The fourth-order valence-corrected chi connectivity index (χ4v) is 0.992. The van der Waals surface area contributed by atoms with E-state index < -0.39 is 5.97 Å². The Morgan fingerprint density at radius 3 is 2.31 bits per heavy atom. The van der Waals surface area contributed by atoms with E-state index in [1.54, 1.807) is 0 Å². The average Bonchev–Trinajstić information content (AvgIpc) is 2.28. The molecule has 72 valence electrons. The molecule has 0 aliphatic carbocycles. The smallest absolute Gasteiger partial charge is 0.376 e. The summed E-state index contributed by atoms with van der Waals surface area (Å²) in [5.41, 5.74) is 5.84. The molecular weight excluding hydrogens is 172 g/mol. The first-order valence-electron chi connectivity index (χ1n) is 3.83. The van der Waals surface area contributed by atoms with Gasteiger partial charge in [0, 0.05) is 5.41 Å². The Morgan fingerprint density at radius 2 is 2.08 bits per heavy atom. The van der Waals surface area contributed by atoms with Gasteiger partial charge < -0.3 is 15.4 Å². The molecule has 1 rings (SSSR count). The zero-order chi connectivity index (χ0) is 10.2. The van der Waals surface area contributed by atoms with Gasteiger partial charge in [0.15, 0.2) is 0 Å². The summed E-state index contributed by atoms with van der Waals surface area (Å²) >= 11 is 0. The maximum atomic E-state index is 10.5. The van der Waals surface area contributed by atoms with Crippen LogP contribution in [0.15, 0.2) is 4.52 Å². The van der Waals surface area contributed by atoms with Crippen molar-refractivity contribution in [2.45, 2.75) is 26.2 Å². The molecule has 0 aliphatic heterocycles. The molecule has 0 unspecified atom stereocenters. The molecule has 5 nitrogen and oxygen atoms in total. The van der Waals surface area contributed by atoms with Crippen molar-refractivity contribution in [2.75, 3.05) is 5.73 Å². The lowest BCUT2D eigenvalue weighted by atomic mass is 9.91. The fraction of sp³-hybridized carbons (Fsp3) is 0.500. The van der Waals surface area contributed by atoms with Gasteiger partial charge in [-0.15, -0.1) is 0 Å². The number of nitrogens with two attached hydrogens (primary N) is 1. The number of carboxylic acids is 1. The molecule has 0 bridgehead atoms. The number of nitrogen functional groups attached to an aromatic ring is 1. The number of aromatic carboxylic acids is 1. The van der Waals surface area contributed by atoms with Gasteiger partial charge in [0.1, 0.15) is 11.4 Å². The van der Waals surface area contributed by atoms with Gasteiger partial charge in [0.05, 0.1) is 0 Å². The zero-order valence-corrected chi connectivity index (χ0v) is 7.79. The van der Waals surface area contributed by atoms with Crippen LogP contribution in [0.2, 0.25) is 0 Å². The lowest BCUT2D eigenvalue weighted by Crippen LogP contribution is -2.14. The second-order valence-corrected chi connectivity index (χ2v) is 3.83. The quantitative estimate of drug-likeness (QED) is 0.685. The molecule has 0 fully saturated rings. The summed E-state index contributed by atoms with van der Waals surface area (Å²) in [6.07, 6.45) is 0. The molecule has 13 heavy (non-hydrogen) atoms. The van der Waals surface area contributed by atoms with E-state index in [9.17, 15) is 4.79 Å². The highest BCUT2D eigenvalue weighted by molar-refractivity contribution is 5.90. The predicted molar refractivity (Wildman–Crippen MR) is 46.6 cm³/mol. The molecule has 0 spiro atoms. The van der Waals surface area contributed by atoms with Crippen molar-refractivity contribution in [1.29, 1.82) is 0 Å². The zero-order valence-electron chi connectivity index (χ0n) is 7.79. The number of carboxylic acid groups (broad SMARTS) is 1. The first-order valence-corrected chi connectivity index (χ1v) is 3.83. The molecular formula is C8H12N2O3. The highest BCUT2D eigenvalue weighted by atomic mass is 16.5. The molecule has 1 heterocycles. The Kier molecular flexibility index (Phi) is 2.03. The maximum absolute atomic E-state index is 10.5. The molecule has 1 aromatic rings. The summed E-state index contributed by atoms with van der Waals surface area (Å²) in [5.74, 6) is -1.48. The van der Waals surface area contributed by atoms with E-state index in [-0.39, 0.29) is 16.9 Å². The second-order valence-electron chi connectivity index (χ2n) is 3.83. The molecule has 0 saturated carbocycles. The van der Waals surface area contributed by atoms with E-state index in [1.165, 1.54) is 0 Å². The summed E-state index contributed by atoms with van der Waals surface area (Å²) in [4.78, 5) is 10.5. The second kappa shape index (κ2) is 2.76. The molecule has 0 radical (unpaired) electrons. The van der Waals surface area contributed by atoms with Crippen LogP contribution in [0.3, 0.4) is 0 Å². The third kappa shape index (κ3) is 1.63. The van der Waals surface area contributed by atoms with E-state index in [0.29, 0.717) is 5.69 Å². The number of anilines is 1. The van der Waals surface area contributed by atoms with E-state index >= 15 is 0 Å². The molecule has 0 aliphatic rings. The minimum absolute atomic E-state index is 0.111. The van der Waals surface area contributed by atoms with Gasteiger partial charge in [-0.1, -0.05) is 25.9 Å². The first-order chi connectivity index (χ1) is 5.84. The molecule has 0 saturated heterocycles. The van der Waals surface area contributed by atoms with Gasteiger partial charge in [0.2, 0.25) is 0 Å². The molecule has 1 aromatic heterocycles. The summed E-state index contributed by atoms with van der Waals surface area (Å²) in [5, 5.41) is 12.3. The minimum atomic E-state index is -1.19. The monoisotopic (exact) mass is 184 g/mol. The Morgan fingerprint density at radius 1 is 1.54 bits per heavy atom. The number of rotatable bonds is 1. The van der Waals surface area contributed by atoms with Crippen molar-refractivity contribution < 1.29 is 14.4 Å². The molecule has 3 N–H and O–H groups in total. The molecule has 0 amide bonds. The Balaban J connectivity index is 3.22. The van der Waals surface area contributed by atoms with Crippen molar-refractivity contribution >= 4 is 11.7 Å². The van der Waals surface area contributed by atoms with Crippen LogP contribution in [-0.2, 0) is 5.41 Å². The van der Waals surface area contributed by atoms with Crippen LogP contribution in [-0.4, -0.2) is 16.2 Å². The van der Waals surface area contributed by atoms with Crippen molar-refractivity contribution in [3.8, 4) is 0 Å². The Hall–Kier alpha value is -1.52. The van der Waals surface area contributed by atoms with Crippen LogP contribution >= 0.6 is 0 Å². The number of aromatic nitrogens is 1. The van der Waals surface area contributed by atoms with Crippen LogP contribution in [0.1, 0.15) is 37.0 Å². The van der Waals surface area contributed by atoms with E-state index in [1.807, 2.05) is 20.8 Å². The average molecular weight is 184 g/mol. The third-order valence-electron chi connectivity index (χ3n) is 1.63. The van der Waals surface area contributed by atoms with E-state index in [2.05, 4.69) is 9.68 Å². The van der Waals surface area contributed by atoms with Gasteiger partial charge in [0.25, 0.3) is 5.76 Å². The standard InChI is InChI=1S/C8H12N2O3/c1-8(2,3)6-4(9)5(7(11)12)13-10-6/h9H2,1-3H3,(H,11,12). The highest BCUT2D eigenvalue weighted by Gasteiger charge is 2.27. The third-order valence-corrected chi connectivity index (χ3v) is 1.63. The molecule has 0 atom stereocenters. The van der Waals surface area contributed by atoms with Crippen LogP contribution in [0.25, 0.3) is 0 Å². The minimum Gasteiger partial charge on any atom is -0.475 e. The molecule has 5 heteroatoms. The highest BCUT2D eigenvalue weighted by Crippen LogP contribution is 2.28. The van der Waals surface area contributed by atoms with Crippen LogP contribution in [0.4, 0.5) is 5.69 Å². The maximum Gasteiger partial charge on any atom is 0.376 e. The van der Waals surface area contributed by atoms with Gasteiger partial charge in [-0.3, -0.25) is 0 Å². The van der Waals surface area contributed by atoms with Gasteiger partial charge in [-0.2, -0.15) is 0 Å². The van der Waals surface area contributed by atoms with Crippen LogP contribution < -0.4 is 5.73 Å². The number of nitrogens with zero attached hydrogens (tertiary/aromatic N) is 1. The lowest BCUT2D eigenvalue weighted by molar-refractivity contribution is 0.0653. The lowest BCUT2D eigenvalue weighted by Gasteiger charge is -2.14. The van der Waals surface area contributed by atoms with Crippen molar-refractivity contribution in [3.05, 3.63) is 11.5 Å². The van der Waals surface area contributed by atoms with Crippen molar-refractivity contribution in [1.82, 2.24) is 5.16 Å². The predicted octanol–water partition coefficient (Wildman–Crippen LogP) is 1.25. The van der Waals surface area contributed by atoms with E-state index in [0.717, 1.165) is 0 Å². The van der Waals surface area contributed by atoms with Crippen LogP contribution in [0, 0.1) is 0 Å². The van der Waals surface area contributed by atoms with Crippen molar-refractivity contribution in [3.63, 3.8) is 0 Å². The number of hydrogen-bond acceptors (Lipinski definition) is 4. The Labute approximate surface area is 75.5 Å². The largest absolute Gasteiger partial charge is 0.475 e. The summed E-state index contributed by atoms with van der Waals surface area (Å²) < 4.78 is 4.61. The summed E-state index contributed by atoms with van der Waals surface area (Å²) in [7, 11) is 0. The number of hydrogen-bond donors (Lipinski definition) is 2. The summed E-state index contributed by atoms with van der Waals surface area (Å²) in [6.45, 7) is 5.65. The number of carbonyl (C=O) groups is 1. The van der Waals surface area contributed by atoms with Gasteiger partial charge >= 0.3 is 5.97 Å². The summed E-state index contributed by atoms with van der Waals surface area (Å²) in [6, 6.07) is 0.